The number of alkyl halides is 3. The number of hydrogen-bond donors (Lipinski definition) is 1. The lowest BCUT2D eigenvalue weighted by Crippen LogP contribution is -2.25. The van der Waals surface area contributed by atoms with Crippen LogP contribution in [-0.2, 0) is 12.8 Å². The van der Waals surface area contributed by atoms with Crippen molar-refractivity contribution in [2.24, 2.45) is 0 Å². The predicted molar refractivity (Wildman–Crippen MR) is 89.5 cm³/mol. The zero-order valence-electron chi connectivity index (χ0n) is 14.0. The van der Waals surface area contributed by atoms with Gasteiger partial charge in [-0.25, -0.2) is 4.98 Å². The highest BCUT2D eigenvalue weighted by Crippen LogP contribution is 2.33. The van der Waals surface area contributed by atoms with E-state index in [1.807, 2.05) is 0 Å². The molecule has 0 spiro atoms. The highest BCUT2D eigenvalue weighted by molar-refractivity contribution is 5.65. The number of rotatable bonds is 5. The van der Waals surface area contributed by atoms with Crippen molar-refractivity contribution >= 4 is 11.4 Å². The molecule has 1 aromatic heterocycles. The summed E-state index contributed by atoms with van der Waals surface area (Å²) in [6.45, 7) is 0.549. The normalized spacial score (nSPS) is 17.2. The summed E-state index contributed by atoms with van der Waals surface area (Å²) in [5, 5.41) is 20.5. The molecule has 0 amide bonds. The molecule has 0 radical (unpaired) electrons. The summed E-state index contributed by atoms with van der Waals surface area (Å²) in [5.41, 5.74) is -0.0257. The molecule has 27 heavy (non-hydrogen) atoms. The van der Waals surface area contributed by atoms with Gasteiger partial charge in [0.05, 0.1) is 23.6 Å². The highest BCUT2D eigenvalue weighted by atomic mass is 19.4. The first-order chi connectivity index (χ1) is 12.8. The summed E-state index contributed by atoms with van der Waals surface area (Å²) in [4.78, 5) is 16.2. The van der Waals surface area contributed by atoms with Crippen LogP contribution in [-0.4, -0.2) is 34.2 Å². The lowest BCUT2D eigenvalue weighted by molar-refractivity contribution is -0.384. The van der Waals surface area contributed by atoms with E-state index in [-0.39, 0.29) is 24.3 Å². The lowest BCUT2D eigenvalue weighted by Gasteiger charge is -2.19. The molecule has 1 unspecified atom stereocenters. The smallest absolute Gasteiger partial charge is 0.417 e. The molecule has 10 heteroatoms. The van der Waals surface area contributed by atoms with E-state index in [4.69, 9.17) is 4.74 Å². The first-order valence-electron chi connectivity index (χ1n) is 8.11. The largest absolute Gasteiger partial charge is 0.472 e. The Balaban J connectivity index is 1.71. The van der Waals surface area contributed by atoms with Gasteiger partial charge in [-0.05, 0) is 23.8 Å². The second kappa shape index (κ2) is 7.39. The monoisotopic (exact) mass is 383 g/mol. The van der Waals surface area contributed by atoms with Crippen molar-refractivity contribution in [3.8, 4) is 5.88 Å². The number of pyridine rings is 1. The van der Waals surface area contributed by atoms with Crippen LogP contribution in [0.1, 0.15) is 17.5 Å². The van der Waals surface area contributed by atoms with Crippen LogP contribution in [0.25, 0.3) is 0 Å². The number of hydrogen-bond acceptors (Lipinski definition) is 6. The molecule has 0 aliphatic carbocycles. The molecule has 1 N–H and O–H groups in total. The number of nitro benzene ring substituents is 1. The minimum absolute atomic E-state index is 0.0634. The third kappa shape index (κ3) is 4.27. The first kappa shape index (κ1) is 18.9. The Morgan fingerprint density at radius 3 is 2.70 bits per heavy atom. The van der Waals surface area contributed by atoms with E-state index in [1.165, 1.54) is 12.1 Å². The first-order valence-corrected chi connectivity index (χ1v) is 8.11. The lowest BCUT2D eigenvalue weighted by atomic mass is 10.1. The van der Waals surface area contributed by atoms with Gasteiger partial charge in [0.2, 0.25) is 5.88 Å². The van der Waals surface area contributed by atoms with Gasteiger partial charge in [0, 0.05) is 31.3 Å². The molecule has 1 aliphatic rings. The van der Waals surface area contributed by atoms with Crippen molar-refractivity contribution in [3.63, 3.8) is 0 Å². The number of ether oxygens (including phenoxy) is 1. The molecule has 1 saturated heterocycles. The van der Waals surface area contributed by atoms with Crippen molar-refractivity contribution < 1.29 is 27.9 Å². The molecule has 1 aromatic carbocycles. The van der Waals surface area contributed by atoms with Crippen molar-refractivity contribution in [2.75, 3.05) is 18.0 Å². The van der Waals surface area contributed by atoms with Crippen molar-refractivity contribution in [1.82, 2.24) is 4.98 Å². The van der Waals surface area contributed by atoms with Gasteiger partial charge in [-0.3, -0.25) is 10.1 Å². The van der Waals surface area contributed by atoms with Crippen LogP contribution in [0.4, 0.5) is 24.5 Å². The highest BCUT2D eigenvalue weighted by Gasteiger charge is 2.32. The van der Waals surface area contributed by atoms with Crippen LogP contribution in [0.2, 0.25) is 0 Å². The molecule has 2 heterocycles. The molecule has 2 aromatic rings. The number of nitrogens with zero attached hydrogens (tertiary/aromatic N) is 3. The van der Waals surface area contributed by atoms with E-state index in [2.05, 4.69) is 4.98 Å². The number of nitro groups is 1. The predicted octanol–water partition coefficient (Wildman–Crippen LogP) is 3.16. The van der Waals surface area contributed by atoms with Gasteiger partial charge in [0.15, 0.2) is 0 Å². The Bertz CT molecular complexity index is 827. The molecule has 1 aliphatic heterocycles. The zero-order valence-corrected chi connectivity index (χ0v) is 14.0. The summed E-state index contributed by atoms with van der Waals surface area (Å²) in [5.74, 6) is 0.0634. The SMILES string of the molecule is O=[N+]([O-])c1ccc(CO)cc1N1CCC(Oc2ccc(C(F)(F)F)cn2)C1. The molecule has 0 bridgehead atoms. The topological polar surface area (TPSA) is 88.7 Å². The van der Waals surface area contributed by atoms with E-state index >= 15 is 0 Å². The molecular weight excluding hydrogens is 367 g/mol. The van der Waals surface area contributed by atoms with E-state index in [1.54, 1.807) is 11.0 Å². The number of halogens is 3. The van der Waals surface area contributed by atoms with Gasteiger partial charge < -0.3 is 14.7 Å². The Kier molecular flexibility index (Phi) is 5.17. The fraction of sp³-hybridized carbons (Fsp3) is 0.353. The molecule has 1 fully saturated rings. The van der Waals surface area contributed by atoms with Crippen molar-refractivity contribution in [2.45, 2.75) is 25.3 Å². The van der Waals surface area contributed by atoms with Gasteiger partial charge in [0.1, 0.15) is 11.8 Å². The van der Waals surface area contributed by atoms with E-state index in [9.17, 15) is 28.4 Å². The fourth-order valence-corrected chi connectivity index (χ4v) is 2.91. The number of aliphatic hydroxyl groups excluding tert-OH is 1. The molecule has 0 saturated carbocycles. The van der Waals surface area contributed by atoms with Crippen LogP contribution < -0.4 is 9.64 Å². The minimum Gasteiger partial charge on any atom is -0.472 e. The minimum atomic E-state index is -4.47. The standard InChI is InChI=1S/C17H16F3N3O4/c18-17(19,20)12-2-4-16(21-8-12)27-13-5-6-22(9-13)15-7-11(10-24)1-3-14(15)23(25)26/h1-4,7-8,13,24H,5-6,9-10H2. The maximum absolute atomic E-state index is 12.6. The van der Waals surface area contributed by atoms with Gasteiger partial charge >= 0.3 is 6.18 Å². The average Bonchev–Trinajstić information content (AvgIpc) is 3.09. The third-order valence-corrected chi connectivity index (χ3v) is 4.26. The molecule has 144 valence electrons. The van der Waals surface area contributed by atoms with Crippen molar-refractivity contribution in [3.05, 3.63) is 57.8 Å². The van der Waals surface area contributed by atoms with Crippen molar-refractivity contribution in [1.29, 1.82) is 0 Å². The Labute approximate surface area is 152 Å². The van der Waals surface area contributed by atoms with Crippen LogP contribution >= 0.6 is 0 Å². The Hall–Kier alpha value is -2.88. The van der Waals surface area contributed by atoms with Crippen LogP contribution in [0.5, 0.6) is 5.88 Å². The Morgan fingerprint density at radius 1 is 1.33 bits per heavy atom. The average molecular weight is 383 g/mol. The van der Waals surface area contributed by atoms with Crippen LogP contribution in [0, 0.1) is 10.1 Å². The second-order valence-corrected chi connectivity index (χ2v) is 6.10. The fourth-order valence-electron chi connectivity index (χ4n) is 2.91. The number of aromatic nitrogens is 1. The maximum atomic E-state index is 12.6. The molecule has 1 atom stereocenters. The van der Waals surface area contributed by atoms with Gasteiger partial charge in [-0.2, -0.15) is 13.2 Å². The van der Waals surface area contributed by atoms with Gasteiger partial charge in [0.25, 0.3) is 5.69 Å². The summed E-state index contributed by atoms with van der Waals surface area (Å²) in [6, 6.07) is 6.42. The van der Waals surface area contributed by atoms with Gasteiger partial charge in [-0.15, -0.1) is 0 Å². The maximum Gasteiger partial charge on any atom is 0.417 e. The number of aliphatic hydroxyl groups is 1. The molecular formula is C17H16F3N3O4. The third-order valence-electron chi connectivity index (χ3n) is 4.26. The summed E-state index contributed by atoms with van der Waals surface area (Å²) in [6.07, 6.45) is -3.60. The number of benzene rings is 1. The Morgan fingerprint density at radius 2 is 2.11 bits per heavy atom. The quantitative estimate of drug-likeness (QED) is 0.630. The second-order valence-electron chi connectivity index (χ2n) is 6.10. The van der Waals surface area contributed by atoms with E-state index in [0.717, 1.165) is 12.1 Å². The summed E-state index contributed by atoms with van der Waals surface area (Å²) < 4.78 is 43.3. The summed E-state index contributed by atoms with van der Waals surface area (Å²) in [7, 11) is 0. The molecule has 7 nitrogen and oxygen atoms in total. The van der Waals surface area contributed by atoms with Crippen LogP contribution in [0.3, 0.4) is 0 Å². The van der Waals surface area contributed by atoms with E-state index in [0.29, 0.717) is 37.0 Å². The summed E-state index contributed by atoms with van der Waals surface area (Å²) >= 11 is 0. The van der Waals surface area contributed by atoms with E-state index < -0.39 is 16.7 Å². The zero-order chi connectivity index (χ0) is 19.6. The number of anilines is 1. The van der Waals surface area contributed by atoms with Crippen LogP contribution in [0.15, 0.2) is 36.5 Å². The van der Waals surface area contributed by atoms with Gasteiger partial charge in [-0.1, -0.05) is 0 Å². The molecule has 3 rings (SSSR count).